The van der Waals surface area contributed by atoms with Crippen LogP contribution in [0.4, 0.5) is 0 Å². The van der Waals surface area contributed by atoms with Crippen LogP contribution in [0.2, 0.25) is 0 Å². The van der Waals surface area contributed by atoms with Gasteiger partial charge in [0.15, 0.2) is 0 Å². The number of hydrogen-bond acceptors (Lipinski definition) is 3. The van der Waals surface area contributed by atoms with Gasteiger partial charge in [-0.2, -0.15) is 5.10 Å². The van der Waals surface area contributed by atoms with Crippen LogP contribution in [0, 0.1) is 0 Å². The first-order chi connectivity index (χ1) is 12.4. The third-order valence-corrected chi connectivity index (χ3v) is 4.13. The molecule has 3 aromatic rings. The first-order valence-corrected chi connectivity index (χ1v) is 8.77. The monoisotopic (exact) mass is 335 g/mol. The molecule has 0 unspecified atom stereocenters. The van der Waals surface area contributed by atoms with Crippen molar-refractivity contribution in [1.82, 2.24) is 15.1 Å². The second-order valence-corrected chi connectivity index (χ2v) is 6.03. The fourth-order valence-corrected chi connectivity index (χ4v) is 2.81. The molecular formula is C21H25N3O. The highest BCUT2D eigenvalue weighted by molar-refractivity contribution is 5.63. The van der Waals surface area contributed by atoms with Crippen molar-refractivity contribution in [3.05, 3.63) is 72.4 Å². The molecule has 0 aliphatic heterocycles. The molecule has 0 fully saturated rings. The molecule has 3 rings (SSSR count). The maximum atomic E-state index is 5.09. The second kappa shape index (κ2) is 9.16. The molecule has 0 saturated carbocycles. The summed E-state index contributed by atoms with van der Waals surface area (Å²) in [7, 11) is 1.75. The summed E-state index contributed by atoms with van der Waals surface area (Å²) in [5.74, 6) is 0. The number of ether oxygens (including phenoxy) is 1. The Morgan fingerprint density at radius 1 is 0.960 bits per heavy atom. The quantitative estimate of drug-likeness (QED) is 0.600. The van der Waals surface area contributed by atoms with Gasteiger partial charge in [0.25, 0.3) is 0 Å². The molecule has 1 heterocycles. The lowest BCUT2D eigenvalue weighted by Crippen LogP contribution is -2.15. The molecule has 0 bridgehead atoms. The first-order valence-electron chi connectivity index (χ1n) is 8.77. The molecule has 0 amide bonds. The number of unbranched alkanes of at least 4 members (excludes halogenated alkanes) is 1. The minimum Gasteiger partial charge on any atom is -0.385 e. The van der Waals surface area contributed by atoms with Crippen LogP contribution < -0.4 is 5.32 Å². The Bertz CT molecular complexity index is 753. The lowest BCUT2D eigenvalue weighted by Gasteiger charge is -2.05. The van der Waals surface area contributed by atoms with E-state index in [1.165, 1.54) is 5.56 Å². The van der Waals surface area contributed by atoms with Gasteiger partial charge in [-0.15, -0.1) is 0 Å². The van der Waals surface area contributed by atoms with Crippen LogP contribution in [-0.2, 0) is 11.3 Å². The molecule has 0 aliphatic rings. The maximum Gasteiger partial charge on any atom is 0.0972 e. The van der Waals surface area contributed by atoms with E-state index in [2.05, 4.69) is 47.9 Å². The lowest BCUT2D eigenvalue weighted by atomic mass is 10.1. The van der Waals surface area contributed by atoms with Gasteiger partial charge in [-0.1, -0.05) is 48.5 Å². The molecule has 0 saturated heterocycles. The molecule has 2 aromatic carbocycles. The number of aromatic nitrogens is 2. The van der Waals surface area contributed by atoms with E-state index in [-0.39, 0.29) is 0 Å². The minimum atomic E-state index is 0.810. The second-order valence-electron chi connectivity index (χ2n) is 6.03. The average molecular weight is 335 g/mol. The van der Waals surface area contributed by atoms with Gasteiger partial charge in [-0.3, -0.25) is 0 Å². The number of benzene rings is 2. The largest absolute Gasteiger partial charge is 0.385 e. The summed E-state index contributed by atoms with van der Waals surface area (Å²) in [4.78, 5) is 0. The number of methoxy groups -OCH3 is 1. The van der Waals surface area contributed by atoms with E-state index < -0.39 is 0 Å². The maximum absolute atomic E-state index is 5.09. The molecule has 130 valence electrons. The molecule has 1 aromatic heterocycles. The van der Waals surface area contributed by atoms with E-state index in [1.807, 2.05) is 28.9 Å². The Morgan fingerprint density at radius 2 is 1.68 bits per heavy atom. The van der Waals surface area contributed by atoms with Crippen molar-refractivity contribution >= 4 is 0 Å². The van der Waals surface area contributed by atoms with Gasteiger partial charge in [0.1, 0.15) is 0 Å². The summed E-state index contributed by atoms with van der Waals surface area (Å²) in [6.45, 7) is 2.61. The number of nitrogens with one attached hydrogen (secondary N) is 1. The number of hydrogen-bond donors (Lipinski definition) is 1. The molecule has 0 aliphatic carbocycles. The smallest absolute Gasteiger partial charge is 0.0972 e. The number of nitrogens with zero attached hydrogens (tertiary/aromatic N) is 2. The van der Waals surface area contributed by atoms with Gasteiger partial charge in [0.2, 0.25) is 0 Å². The van der Waals surface area contributed by atoms with Gasteiger partial charge in [-0.05, 0) is 31.5 Å². The van der Waals surface area contributed by atoms with Gasteiger partial charge in [0, 0.05) is 37.6 Å². The number of rotatable bonds is 9. The zero-order valence-electron chi connectivity index (χ0n) is 14.7. The van der Waals surface area contributed by atoms with Crippen molar-refractivity contribution in [2.45, 2.75) is 19.4 Å². The summed E-state index contributed by atoms with van der Waals surface area (Å²) < 4.78 is 7.06. The van der Waals surface area contributed by atoms with E-state index in [0.717, 1.165) is 49.5 Å². The normalized spacial score (nSPS) is 10.9. The van der Waals surface area contributed by atoms with Crippen molar-refractivity contribution in [3.8, 4) is 16.9 Å². The van der Waals surface area contributed by atoms with Crippen molar-refractivity contribution in [3.63, 3.8) is 0 Å². The van der Waals surface area contributed by atoms with Crippen molar-refractivity contribution in [1.29, 1.82) is 0 Å². The predicted molar refractivity (Wildman–Crippen MR) is 102 cm³/mol. The molecule has 0 spiro atoms. The van der Waals surface area contributed by atoms with Gasteiger partial charge in [0.05, 0.1) is 11.4 Å². The van der Waals surface area contributed by atoms with Crippen LogP contribution in [-0.4, -0.2) is 30.0 Å². The average Bonchev–Trinajstić information content (AvgIpc) is 3.10. The van der Waals surface area contributed by atoms with Crippen LogP contribution in [0.15, 0.2) is 66.9 Å². The highest BCUT2D eigenvalue weighted by Crippen LogP contribution is 2.23. The zero-order valence-corrected chi connectivity index (χ0v) is 14.7. The van der Waals surface area contributed by atoms with Crippen molar-refractivity contribution < 1.29 is 4.74 Å². The lowest BCUT2D eigenvalue weighted by molar-refractivity contribution is 0.192. The third-order valence-electron chi connectivity index (χ3n) is 4.13. The van der Waals surface area contributed by atoms with Crippen LogP contribution in [0.3, 0.4) is 0 Å². The van der Waals surface area contributed by atoms with Gasteiger partial charge < -0.3 is 10.1 Å². The van der Waals surface area contributed by atoms with Crippen molar-refractivity contribution in [2.75, 3.05) is 20.3 Å². The molecule has 4 heteroatoms. The Balaban J connectivity index is 1.76. The predicted octanol–water partition coefficient (Wildman–Crippen LogP) is 4.06. The molecule has 25 heavy (non-hydrogen) atoms. The zero-order chi connectivity index (χ0) is 17.3. The Labute approximate surface area is 149 Å². The highest BCUT2D eigenvalue weighted by Gasteiger charge is 2.11. The van der Waals surface area contributed by atoms with Crippen molar-refractivity contribution in [2.24, 2.45) is 0 Å². The molecular weight excluding hydrogens is 310 g/mol. The van der Waals surface area contributed by atoms with Gasteiger partial charge in [-0.25, -0.2) is 4.68 Å². The molecule has 0 atom stereocenters. The summed E-state index contributed by atoms with van der Waals surface area (Å²) in [5, 5.41) is 8.36. The van der Waals surface area contributed by atoms with Gasteiger partial charge >= 0.3 is 0 Å². The number of para-hydroxylation sites is 1. The van der Waals surface area contributed by atoms with E-state index in [4.69, 9.17) is 9.84 Å². The van der Waals surface area contributed by atoms with E-state index >= 15 is 0 Å². The fourth-order valence-electron chi connectivity index (χ4n) is 2.81. The molecule has 1 N–H and O–H groups in total. The fraction of sp³-hybridized carbons (Fsp3) is 0.286. The standard InChI is InChI=1S/C21H25N3O/c1-25-15-9-8-14-22-16-19-17-24(20-12-6-3-7-13-20)23-21(19)18-10-4-2-5-11-18/h2-7,10-13,17,22H,8-9,14-16H2,1H3. The Morgan fingerprint density at radius 3 is 2.40 bits per heavy atom. The summed E-state index contributed by atoms with van der Waals surface area (Å²) in [6, 6.07) is 20.6. The van der Waals surface area contributed by atoms with E-state index in [0.29, 0.717) is 0 Å². The van der Waals surface area contributed by atoms with Crippen LogP contribution in [0.5, 0.6) is 0 Å². The van der Waals surface area contributed by atoms with Crippen LogP contribution in [0.1, 0.15) is 18.4 Å². The van der Waals surface area contributed by atoms with E-state index in [1.54, 1.807) is 7.11 Å². The molecule has 0 radical (unpaired) electrons. The first kappa shape index (κ1) is 17.4. The minimum absolute atomic E-state index is 0.810. The summed E-state index contributed by atoms with van der Waals surface area (Å²) in [6.07, 6.45) is 4.32. The summed E-state index contributed by atoms with van der Waals surface area (Å²) in [5.41, 5.74) is 4.47. The summed E-state index contributed by atoms with van der Waals surface area (Å²) >= 11 is 0. The topological polar surface area (TPSA) is 39.1 Å². The van der Waals surface area contributed by atoms with E-state index in [9.17, 15) is 0 Å². The molecule has 4 nitrogen and oxygen atoms in total. The third kappa shape index (κ3) is 4.78. The highest BCUT2D eigenvalue weighted by atomic mass is 16.5. The van der Waals surface area contributed by atoms with Crippen LogP contribution in [0.25, 0.3) is 16.9 Å². The Hall–Kier alpha value is -2.43. The SMILES string of the molecule is COCCCCNCc1cn(-c2ccccc2)nc1-c1ccccc1. The Kier molecular flexibility index (Phi) is 6.37. The van der Waals surface area contributed by atoms with Crippen LogP contribution >= 0.6 is 0 Å².